The Labute approximate surface area is 115 Å². The summed E-state index contributed by atoms with van der Waals surface area (Å²) in [4.78, 5) is 20.7. The third kappa shape index (κ3) is 4.40. The minimum atomic E-state index is -6.44. The SMILES string of the molecule is COC(=O)C(F)(F)OC(F)(F)C(F)(F)OC(F)(F)C(=O)OC. The number of carbonyl (C=O) groups is 2. The number of ether oxygens (including phenoxy) is 4. The molecule has 130 valence electrons. The van der Waals surface area contributed by atoms with Gasteiger partial charge in [-0.05, 0) is 0 Å². The quantitative estimate of drug-likeness (QED) is 0.515. The first-order chi connectivity index (χ1) is 9.63. The summed E-state index contributed by atoms with van der Waals surface area (Å²) < 4.78 is 113. The van der Waals surface area contributed by atoms with Gasteiger partial charge in [-0.15, -0.1) is 0 Å². The largest absolute Gasteiger partial charge is 0.463 e. The lowest BCUT2D eigenvalue weighted by atomic mass is 10.5. The first-order valence-corrected chi connectivity index (χ1v) is 4.71. The lowest BCUT2D eigenvalue weighted by Gasteiger charge is -2.29. The predicted octanol–water partition coefficient (Wildman–Crippen LogP) is 1.74. The average molecular weight is 350 g/mol. The number of carbonyl (C=O) groups excluding carboxylic acids is 2. The number of hydrogen-bond donors (Lipinski definition) is 0. The maximum Gasteiger partial charge on any atom is 0.460 e. The van der Waals surface area contributed by atoms with Gasteiger partial charge in [0.2, 0.25) is 0 Å². The molecule has 0 radical (unpaired) electrons. The van der Waals surface area contributed by atoms with Gasteiger partial charge in [-0.3, -0.25) is 0 Å². The molecule has 0 spiro atoms. The van der Waals surface area contributed by atoms with E-state index in [1.807, 2.05) is 0 Å². The van der Waals surface area contributed by atoms with Gasteiger partial charge in [-0.25, -0.2) is 19.1 Å². The van der Waals surface area contributed by atoms with Gasteiger partial charge in [0.25, 0.3) is 0 Å². The number of halogens is 8. The zero-order valence-corrected chi connectivity index (χ0v) is 10.5. The first-order valence-electron chi connectivity index (χ1n) is 4.71. The van der Waals surface area contributed by atoms with E-state index < -0.39 is 36.4 Å². The molecule has 0 fully saturated rings. The number of rotatable bonds is 7. The van der Waals surface area contributed by atoms with E-state index in [1.165, 1.54) is 0 Å². The van der Waals surface area contributed by atoms with Crippen LogP contribution in [0.3, 0.4) is 0 Å². The minimum Gasteiger partial charge on any atom is -0.463 e. The van der Waals surface area contributed by atoms with Gasteiger partial charge in [0, 0.05) is 0 Å². The molecule has 0 atom stereocenters. The summed E-state index contributed by atoms with van der Waals surface area (Å²) in [6.07, 6.45) is -24.1. The van der Waals surface area contributed by atoms with Crippen LogP contribution in [0.1, 0.15) is 0 Å². The molecule has 0 rings (SSSR count). The molecule has 0 aliphatic rings. The van der Waals surface area contributed by atoms with Crippen molar-refractivity contribution >= 4 is 11.9 Å². The lowest BCUT2D eigenvalue weighted by Crippen LogP contribution is -2.54. The summed E-state index contributed by atoms with van der Waals surface area (Å²) in [6.45, 7) is 0. The van der Waals surface area contributed by atoms with E-state index in [2.05, 4.69) is 18.9 Å². The molecule has 0 aromatic heterocycles. The Balaban J connectivity index is 5.33. The third-order valence-electron chi connectivity index (χ3n) is 1.70. The predicted molar refractivity (Wildman–Crippen MR) is 46.0 cm³/mol. The second-order valence-electron chi connectivity index (χ2n) is 3.25. The van der Waals surface area contributed by atoms with Crippen molar-refractivity contribution < 1.29 is 63.7 Å². The van der Waals surface area contributed by atoms with Crippen LogP contribution in [0, 0.1) is 0 Å². The van der Waals surface area contributed by atoms with E-state index in [4.69, 9.17) is 0 Å². The molecule has 0 aromatic carbocycles. The van der Waals surface area contributed by atoms with Crippen LogP contribution < -0.4 is 0 Å². The van der Waals surface area contributed by atoms with Crippen molar-refractivity contribution in [3.05, 3.63) is 0 Å². The zero-order valence-electron chi connectivity index (χ0n) is 10.5. The molecule has 0 heterocycles. The van der Waals surface area contributed by atoms with Gasteiger partial charge in [-0.1, -0.05) is 0 Å². The Kier molecular flexibility index (Phi) is 5.72. The summed E-state index contributed by atoms with van der Waals surface area (Å²) in [5, 5.41) is 0. The molecule has 0 amide bonds. The standard InChI is InChI=1S/C8H6F8O6/c1-19-3(17)5(9,10)21-7(13,14)8(15,16)22-6(11,12)4(18)20-2/h1-2H3. The van der Waals surface area contributed by atoms with E-state index in [0.717, 1.165) is 0 Å². The van der Waals surface area contributed by atoms with Gasteiger partial charge in [0.15, 0.2) is 0 Å². The average Bonchev–Trinajstić information content (AvgIpc) is 2.33. The second-order valence-corrected chi connectivity index (χ2v) is 3.25. The topological polar surface area (TPSA) is 71.1 Å². The second kappa shape index (κ2) is 6.20. The van der Waals surface area contributed by atoms with Crippen LogP contribution >= 0.6 is 0 Å². The maximum absolute atomic E-state index is 12.8. The number of methoxy groups -OCH3 is 2. The molecule has 0 aliphatic carbocycles. The molecule has 22 heavy (non-hydrogen) atoms. The highest BCUT2D eigenvalue weighted by atomic mass is 19.3. The summed E-state index contributed by atoms with van der Waals surface area (Å²) >= 11 is 0. The Bertz CT molecular complexity index is 396. The molecule has 0 unspecified atom stereocenters. The Morgan fingerprint density at radius 1 is 0.636 bits per heavy atom. The third-order valence-corrected chi connectivity index (χ3v) is 1.70. The molecule has 0 aliphatic heterocycles. The van der Waals surface area contributed by atoms with Crippen LogP contribution in [0.5, 0.6) is 0 Å². The highest BCUT2D eigenvalue weighted by Gasteiger charge is 2.70. The summed E-state index contributed by atoms with van der Waals surface area (Å²) in [7, 11) is 0.551. The first kappa shape index (κ1) is 20.3. The fourth-order valence-corrected chi connectivity index (χ4v) is 0.762. The van der Waals surface area contributed by atoms with Crippen LogP contribution in [0.25, 0.3) is 0 Å². The van der Waals surface area contributed by atoms with E-state index in [0.29, 0.717) is 0 Å². The fourth-order valence-electron chi connectivity index (χ4n) is 0.762. The number of alkyl halides is 8. The van der Waals surface area contributed by atoms with Crippen molar-refractivity contribution in [2.75, 3.05) is 14.2 Å². The monoisotopic (exact) mass is 350 g/mol. The number of esters is 2. The van der Waals surface area contributed by atoms with Crippen molar-refractivity contribution in [2.24, 2.45) is 0 Å². The fraction of sp³-hybridized carbons (Fsp3) is 0.750. The smallest absolute Gasteiger partial charge is 0.460 e. The van der Waals surface area contributed by atoms with E-state index in [9.17, 15) is 44.7 Å². The molecule has 0 saturated carbocycles. The van der Waals surface area contributed by atoms with Crippen LogP contribution in [-0.4, -0.2) is 50.6 Å². The Hall–Kier alpha value is -1.70. The van der Waals surface area contributed by atoms with Gasteiger partial charge >= 0.3 is 36.4 Å². The molecule has 14 heteroatoms. The van der Waals surface area contributed by atoms with Crippen molar-refractivity contribution in [3.8, 4) is 0 Å². The Morgan fingerprint density at radius 3 is 1.05 bits per heavy atom. The maximum atomic E-state index is 12.8. The highest BCUT2D eigenvalue weighted by molar-refractivity contribution is 5.76. The molecular formula is C8H6F8O6. The van der Waals surface area contributed by atoms with Crippen LogP contribution in [0.2, 0.25) is 0 Å². The van der Waals surface area contributed by atoms with E-state index >= 15 is 0 Å². The van der Waals surface area contributed by atoms with Gasteiger partial charge in [0.1, 0.15) is 0 Å². The van der Waals surface area contributed by atoms with Crippen LogP contribution in [0.4, 0.5) is 35.1 Å². The molecule has 0 N–H and O–H groups in total. The van der Waals surface area contributed by atoms with Crippen LogP contribution in [0.15, 0.2) is 0 Å². The van der Waals surface area contributed by atoms with Crippen molar-refractivity contribution in [1.29, 1.82) is 0 Å². The molecule has 0 aromatic rings. The van der Waals surface area contributed by atoms with E-state index in [-0.39, 0.29) is 14.2 Å². The van der Waals surface area contributed by atoms with E-state index in [1.54, 1.807) is 0 Å². The van der Waals surface area contributed by atoms with Gasteiger partial charge < -0.3 is 9.47 Å². The summed E-state index contributed by atoms with van der Waals surface area (Å²) in [5.41, 5.74) is 0. The minimum absolute atomic E-state index is 0.276. The zero-order chi connectivity index (χ0) is 18.0. The summed E-state index contributed by atoms with van der Waals surface area (Å²) in [6, 6.07) is 0. The van der Waals surface area contributed by atoms with Crippen LogP contribution in [-0.2, 0) is 28.5 Å². The van der Waals surface area contributed by atoms with Crippen molar-refractivity contribution in [1.82, 2.24) is 0 Å². The molecular weight excluding hydrogens is 344 g/mol. The number of hydrogen-bond acceptors (Lipinski definition) is 6. The normalized spacial score (nSPS) is 13.7. The highest BCUT2D eigenvalue weighted by Crippen LogP contribution is 2.43. The van der Waals surface area contributed by atoms with Gasteiger partial charge in [0.05, 0.1) is 14.2 Å². The van der Waals surface area contributed by atoms with Crippen molar-refractivity contribution in [3.63, 3.8) is 0 Å². The van der Waals surface area contributed by atoms with Gasteiger partial charge in [-0.2, -0.15) is 35.1 Å². The Morgan fingerprint density at radius 2 is 0.864 bits per heavy atom. The lowest BCUT2D eigenvalue weighted by molar-refractivity contribution is -0.502. The van der Waals surface area contributed by atoms with Crippen molar-refractivity contribution in [2.45, 2.75) is 24.4 Å². The molecule has 6 nitrogen and oxygen atoms in total. The molecule has 0 saturated heterocycles. The molecule has 0 bridgehead atoms. The summed E-state index contributed by atoms with van der Waals surface area (Å²) in [5.74, 6) is -5.63.